The highest BCUT2D eigenvalue weighted by atomic mass is 16.6. The minimum atomic E-state index is -1.63. The number of allylic oxidation sites excluding steroid dienone is 2. The lowest BCUT2D eigenvalue weighted by Crippen LogP contribution is -2.48. The van der Waals surface area contributed by atoms with Gasteiger partial charge in [-0.3, -0.25) is 0 Å². The minimum absolute atomic E-state index is 0.0818. The number of fused-ring (bicyclic) bond motifs is 1. The van der Waals surface area contributed by atoms with Crippen LogP contribution < -0.4 is 0 Å². The van der Waals surface area contributed by atoms with Crippen LogP contribution in [0.4, 0.5) is 0 Å². The molecule has 0 aromatic heterocycles. The average molecular weight is 406 g/mol. The van der Waals surface area contributed by atoms with Crippen molar-refractivity contribution in [1.82, 2.24) is 0 Å². The molecule has 8 heteroatoms. The molecular weight excluding hydrogens is 380 g/mol. The minimum Gasteiger partial charge on any atom is -0.466 e. The second kappa shape index (κ2) is 9.19. The highest BCUT2D eigenvalue weighted by Gasteiger charge is 2.52. The monoisotopic (exact) mass is 406 g/mol. The molecule has 1 fully saturated rings. The van der Waals surface area contributed by atoms with Crippen molar-refractivity contribution in [2.45, 2.75) is 51.1 Å². The Hall–Kier alpha value is -2.71. The van der Waals surface area contributed by atoms with Gasteiger partial charge in [-0.15, -0.1) is 0 Å². The van der Waals surface area contributed by atoms with Crippen molar-refractivity contribution >= 4 is 17.9 Å². The summed E-state index contributed by atoms with van der Waals surface area (Å²) in [5.41, 5.74) is 0.421. The third-order valence-electron chi connectivity index (χ3n) is 5.22. The Balaban J connectivity index is 2.60. The molecule has 5 atom stereocenters. The summed E-state index contributed by atoms with van der Waals surface area (Å²) in [6.45, 7) is 10.7. The number of ether oxygens (including phenoxy) is 3. The topological polar surface area (TPSA) is 119 Å². The maximum absolute atomic E-state index is 12.4. The molecule has 2 rings (SSSR count). The Labute approximate surface area is 169 Å². The Morgan fingerprint density at radius 2 is 1.93 bits per heavy atom. The number of hydrogen-bond donors (Lipinski definition) is 2. The summed E-state index contributed by atoms with van der Waals surface area (Å²) in [5.74, 6) is -3.44. The van der Waals surface area contributed by atoms with E-state index < -0.39 is 48.2 Å². The van der Waals surface area contributed by atoms with Crippen molar-refractivity contribution in [2.75, 3.05) is 7.11 Å². The van der Waals surface area contributed by atoms with Crippen LogP contribution in [0.2, 0.25) is 0 Å². The molecule has 0 radical (unpaired) electrons. The Bertz CT molecular complexity index is 791. The SMILES string of the molecule is C=C1C(=O)O[C@H]2[C@H]1[C@H](OC(=O)/C(C)=C\C)[C@@H](O)/C(C(=O)OC)=C\CCC(=C)[C@@H]2O. The summed E-state index contributed by atoms with van der Waals surface area (Å²) in [6, 6.07) is 0. The summed E-state index contributed by atoms with van der Waals surface area (Å²) in [4.78, 5) is 36.9. The predicted molar refractivity (Wildman–Crippen MR) is 102 cm³/mol. The fourth-order valence-electron chi connectivity index (χ4n) is 3.33. The largest absolute Gasteiger partial charge is 0.466 e. The third kappa shape index (κ3) is 4.49. The molecule has 0 amide bonds. The standard InChI is InChI=1S/C21H26O8/c1-6-10(2)19(24)28-18-14-12(4)20(25)29-17(14)15(22)11(3)8-7-9-13(16(18)23)21(26)27-5/h6,9,14-18,22-23H,3-4,7-8H2,1-2,5H3/b10-6-,13-9+/t14-,15-,16-,17-,18-/m0/s1. The molecule has 29 heavy (non-hydrogen) atoms. The van der Waals surface area contributed by atoms with Crippen LogP contribution in [-0.2, 0) is 28.6 Å². The smallest absolute Gasteiger partial charge is 0.336 e. The maximum atomic E-state index is 12.4. The van der Waals surface area contributed by atoms with E-state index in [-0.39, 0.29) is 29.6 Å². The molecule has 2 N–H and O–H groups in total. The molecule has 0 saturated carbocycles. The second-order valence-corrected chi connectivity index (χ2v) is 7.00. The first-order valence-corrected chi connectivity index (χ1v) is 9.19. The van der Waals surface area contributed by atoms with Gasteiger partial charge < -0.3 is 24.4 Å². The van der Waals surface area contributed by atoms with Gasteiger partial charge >= 0.3 is 17.9 Å². The summed E-state index contributed by atoms with van der Waals surface area (Å²) in [6.07, 6.45) is -1.97. The van der Waals surface area contributed by atoms with Gasteiger partial charge in [0.2, 0.25) is 0 Å². The van der Waals surface area contributed by atoms with Crippen molar-refractivity contribution in [3.05, 3.63) is 47.6 Å². The summed E-state index contributed by atoms with van der Waals surface area (Å²) in [7, 11) is 1.16. The van der Waals surface area contributed by atoms with Gasteiger partial charge in [-0.1, -0.05) is 25.3 Å². The molecule has 158 valence electrons. The zero-order chi connectivity index (χ0) is 21.9. The van der Waals surface area contributed by atoms with Gasteiger partial charge in [0.15, 0.2) is 0 Å². The number of rotatable bonds is 3. The molecule has 0 bridgehead atoms. The van der Waals surface area contributed by atoms with Crippen LogP contribution in [-0.4, -0.2) is 59.6 Å². The van der Waals surface area contributed by atoms with E-state index >= 15 is 0 Å². The predicted octanol–water partition coefficient (Wildman–Crippen LogP) is 1.13. The molecule has 2 aliphatic rings. The third-order valence-corrected chi connectivity index (χ3v) is 5.22. The molecule has 0 aromatic rings. The van der Waals surface area contributed by atoms with E-state index in [0.717, 1.165) is 7.11 Å². The molecule has 1 aliphatic heterocycles. The number of carbonyl (C=O) groups excluding carboxylic acids is 3. The van der Waals surface area contributed by atoms with Crippen LogP contribution in [0, 0.1) is 5.92 Å². The molecule has 1 saturated heterocycles. The molecule has 1 heterocycles. The van der Waals surface area contributed by atoms with E-state index in [1.807, 2.05) is 0 Å². The molecule has 8 nitrogen and oxygen atoms in total. The van der Waals surface area contributed by atoms with Gasteiger partial charge in [-0.2, -0.15) is 0 Å². The number of hydrogen-bond acceptors (Lipinski definition) is 8. The zero-order valence-electron chi connectivity index (χ0n) is 16.7. The van der Waals surface area contributed by atoms with Crippen molar-refractivity contribution in [2.24, 2.45) is 5.92 Å². The number of carbonyl (C=O) groups is 3. The van der Waals surface area contributed by atoms with E-state index in [4.69, 9.17) is 14.2 Å². The average Bonchev–Trinajstić information content (AvgIpc) is 3.00. The van der Waals surface area contributed by atoms with E-state index in [9.17, 15) is 24.6 Å². The zero-order valence-corrected chi connectivity index (χ0v) is 16.7. The number of esters is 3. The van der Waals surface area contributed by atoms with Gasteiger partial charge in [-0.05, 0) is 32.3 Å². The highest BCUT2D eigenvalue weighted by molar-refractivity contribution is 5.93. The Morgan fingerprint density at radius 3 is 2.52 bits per heavy atom. The summed E-state index contributed by atoms with van der Waals surface area (Å²) in [5, 5.41) is 21.6. The first-order chi connectivity index (χ1) is 13.6. The number of aliphatic hydroxyl groups excluding tert-OH is 2. The van der Waals surface area contributed by atoms with E-state index in [2.05, 4.69) is 13.2 Å². The quantitative estimate of drug-likeness (QED) is 0.310. The first-order valence-electron chi connectivity index (χ1n) is 9.19. The lowest BCUT2D eigenvalue weighted by atomic mass is 9.80. The fraction of sp³-hybridized carbons (Fsp3) is 0.476. The molecule has 0 spiro atoms. The molecule has 0 unspecified atom stereocenters. The number of aliphatic hydroxyl groups is 2. The Kier molecular flexibility index (Phi) is 7.16. The van der Waals surface area contributed by atoms with E-state index in [1.165, 1.54) is 19.1 Å². The normalized spacial score (nSPS) is 32.6. The molecule has 1 aliphatic carbocycles. The van der Waals surface area contributed by atoms with Crippen molar-refractivity contribution in [3.8, 4) is 0 Å². The molecular formula is C21H26O8. The lowest BCUT2D eigenvalue weighted by molar-refractivity contribution is -0.159. The van der Waals surface area contributed by atoms with Crippen LogP contribution in [0.15, 0.2) is 47.6 Å². The van der Waals surface area contributed by atoms with Crippen LogP contribution in [0.1, 0.15) is 26.7 Å². The van der Waals surface area contributed by atoms with Gasteiger partial charge in [0.25, 0.3) is 0 Å². The highest BCUT2D eigenvalue weighted by Crippen LogP contribution is 2.38. The van der Waals surface area contributed by atoms with Crippen LogP contribution in [0.3, 0.4) is 0 Å². The van der Waals surface area contributed by atoms with E-state index in [1.54, 1.807) is 6.92 Å². The number of methoxy groups -OCH3 is 1. The van der Waals surface area contributed by atoms with Gasteiger partial charge in [-0.25, -0.2) is 14.4 Å². The van der Waals surface area contributed by atoms with Crippen molar-refractivity contribution < 1.29 is 38.8 Å². The fourth-order valence-corrected chi connectivity index (χ4v) is 3.33. The van der Waals surface area contributed by atoms with E-state index in [0.29, 0.717) is 5.57 Å². The summed E-state index contributed by atoms with van der Waals surface area (Å²) >= 11 is 0. The van der Waals surface area contributed by atoms with Crippen molar-refractivity contribution in [1.29, 1.82) is 0 Å². The van der Waals surface area contributed by atoms with Crippen LogP contribution in [0.5, 0.6) is 0 Å². The van der Waals surface area contributed by atoms with Crippen molar-refractivity contribution in [3.63, 3.8) is 0 Å². The Morgan fingerprint density at radius 1 is 1.28 bits per heavy atom. The van der Waals surface area contributed by atoms with Gasteiger partial charge in [0.05, 0.1) is 18.6 Å². The van der Waals surface area contributed by atoms with Gasteiger partial charge in [0, 0.05) is 11.1 Å². The van der Waals surface area contributed by atoms with Crippen LogP contribution >= 0.6 is 0 Å². The second-order valence-electron chi connectivity index (χ2n) is 7.00. The molecule has 0 aromatic carbocycles. The summed E-state index contributed by atoms with van der Waals surface area (Å²) < 4.78 is 15.5. The maximum Gasteiger partial charge on any atom is 0.336 e. The van der Waals surface area contributed by atoms with Crippen LogP contribution in [0.25, 0.3) is 0 Å². The van der Waals surface area contributed by atoms with Gasteiger partial charge in [0.1, 0.15) is 24.4 Å². The lowest BCUT2D eigenvalue weighted by Gasteiger charge is -2.34. The first kappa shape index (κ1) is 22.6.